The van der Waals surface area contributed by atoms with Gasteiger partial charge in [0.1, 0.15) is 6.04 Å². The first-order chi connectivity index (χ1) is 23.7. The molecule has 0 spiro atoms. The summed E-state index contributed by atoms with van der Waals surface area (Å²) in [5.41, 5.74) is 5.65. The van der Waals surface area contributed by atoms with E-state index in [1.54, 1.807) is 44.7 Å². The second kappa shape index (κ2) is 19.2. The Hall–Kier alpha value is -3.55. The van der Waals surface area contributed by atoms with Crippen molar-refractivity contribution in [1.82, 2.24) is 20.4 Å². The van der Waals surface area contributed by atoms with Gasteiger partial charge >= 0.3 is 5.97 Å². The van der Waals surface area contributed by atoms with Crippen molar-refractivity contribution in [1.29, 1.82) is 0 Å². The quantitative estimate of drug-likeness (QED) is 0.206. The topological polar surface area (TPSA) is 170 Å². The Morgan fingerprint density at radius 2 is 1.64 bits per heavy atom. The summed E-state index contributed by atoms with van der Waals surface area (Å²) < 4.78 is 16.9. The van der Waals surface area contributed by atoms with Crippen LogP contribution in [0.25, 0.3) is 0 Å². The third kappa shape index (κ3) is 11.0. The van der Waals surface area contributed by atoms with Crippen molar-refractivity contribution in [3.8, 4) is 0 Å². The number of esters is 1. The summed E-state index contributed by atoms with van der Waals surface area (Å²) in [5.74, 6) is -2.35. The molecule has 6 unspecified atom stereocenters. The normalized spacial score (nSPS) is 19.8. The van der Waals surface area contributed by atoms with Gasteiger partial charge in [0.15, 0.2) is 0 Å². The molecule has 1 aliphatic carbocycles. The van der Waals surface area contributed by atoms with Gasteiger partial charge in [0.25, 0.3) is 0 Å². The number of rotatable bonds is 17. The Balaban J connectivity index is 1.75. The third-order valence-electron chi connectivity index (χ3n) is 10.3. The van der Waals surface area contributed by atoms with Gasteiger partial charge in [-0.1, -0.05) is 56.5 Å². The molecule has 1 aromatic rings. The summed E-state index contributed by atoms with van der Waals surface area (Å²) in [6, 6.07) is 7.73. The number of hydrogen-bond acceptors (Lipinski definition) is 9. The van der Waals surface area contributed by atoms with Gasteiger partial charge in [-0.15, -0.1) is 0 Å². The summed E-state index contributed by atoms with van der Waals surface area (Å²) in [6.07, 6.45) is 5.43. The zero-order valence-corrected chi connectivity index (χ0v) is 30.9. The third-order valence-corrected chi connectivity index (χ3v) is 10.3. The highest BCUT2D eigenvalue weighted by Crippen LogP contribution is 2.33. The average Bonchev–Trinajstić information content (AvgIpc) is 3.59. The van der Waals surface area contributed by atoms with Crippen molar-refractivity contribution >= 4 is 29.6 Å². The molecular weight excluding hydrogens is 642 g/mol. The van der Waals surface area contributed by atoms with Crippen LogP contribution in [0.4, 0.5) is 0 Å². The number of benzene rings is 1. The monoisotopic (exact) mass is 701 g/mol. The molecule has 1 saturated heterocycles. The molecule has 4 N–H and O–H groups in total. The van der Waals surface area contributed by atoms with Crippen molar-refractivity contribution in [2.24, 2.45) is 17.6 Å². The molecule has 1 saturated carbocycles. The molecule has 13 heteroatoms. The van der Waals surface area contributed by atoms with E-state index in [9.17, 15) is 24.0 Å². The number of likely N-dealkylation sites (N-methyl/N-ethyl adjacent to an activating group) is 1. The zero-order chi connectivity index (χ0) is 37.0. The second-order valence-corrected chi connectivity index (χ2v) is 14.3. The molecule has 4 amide bonds. The molecule has 0 bridgehead atoms. The predicted molar refractivity (Wildman–Crippen MR) is 189 cm³/mol. The fraction of sp³-hybridized carbons (Fsp3) is 0.703. The number of carbonyl (C=O) groups is 5. The minimum absolute atomic E-state index is 0.0342. The second-order valence-electron chi connectivity index (χ2n) is 14.3. The maximum Gasteiger partial charge on any atom is 0.328 e. The SMILES string of the molecule is COC(=O)C(Cc1ccccc1)NC(=O)C(C)C(OC)C1CCCN1C(=O)CC(OC)C(C1CCCCC1)N(C)C(=O)CNC(=O)C(C)(C)N. The first-order valence-electron chi connectivity index (χ1n) is 17.8. The number of carbonyl (C=O) groups excluding carboxylic acids is 5. The van der Waals surface area contributed by atoms with Crippen LogP contribution in [0.15, 0.2) is 30.3 Å². The largest absolute Gasteiger partial charge is 0.467 e. The molecule has 1 heterocycles. The van der Waals surface area contributed by atoms with Crippen LogP contribution in [-0.4, -0.2) is 117 Å². The molecule has 50 heavy (non-hydrogen) atoms. The molecule has 3 rings (SSSR count). The van der Waals surface area contributed by atoms with E-state index < -0.39 is 41.6 Å². The molecule has 1 aromatic carbocycles. The van der Waals surface area contributed by atoms with Crippen LogP contribution < -0.4 is 16.4 Å². The van der Waals surface area contributed by atoms with Crippen molar-refractivity contribution in [2.75, 3.05) is 41.5 Å². The van der Waals surface area contributed by atoms with Crippen LogP contribution >= 0.6 is 0 Å². The number of amides is 4. The van der Waals surface area contributed by atoms with Crippen molar-refractivity contribution in [2.45, 2.75) is 114 Å². The van der Waals surface area contributed by atoms with Gasteiger partial charge in [-0.3, -0.25) is 19.2 Å². The molecule has 0 radical (unpaired) electrons. The molecule has 6 atom stereocenters. The number of methoxy groups -OCH3 is 3. The lowest BCUT2D eigenvalue weighted by molar-refractivity contribution is -0.148. The number of ether oxygens (including phenoxy) is 3. The molecule has 2 aliphatic rings. The Kier molecular flexibility index (Phi) is 15.7. The van der Waals surface area contributed by atoms with Gasteiger partial charge in [0.05, 0.1) is 55.8 Å². The van der Waals surface area contributed by atoms with Gasteiger partial charge in [-0.25, -0.2) is 4.79 Å². The summed E-state index contributed by atoms with van der Waals surface area (Å²) in [5, 5.41) is 5.49. The number of nitrogens with two attached hydrogens (primary N) is 1. The van der Waals surface area contributed by atoms with E-state index in [1.165, 1.54) is 14.2 Å². The summed E-state index contributed by atoms with van der Waals surface area (Å²) in [4.78, 5) is 69.5. The van der Waals surface area contributed by atoms with E-state index in [4.69, 9.17) is 19.9 Å². The fourth-order valence-corrected chi connectivity index (χ4v) is 7.43. The molecule has 280 valence electrons. The number of nitrogens with one attached hydrogen (secondary N) is 2. The van der Waals surface area contributed by atoms with Crippen molar-refractivity contribution in [3.05, 3.63) is 35.9 Å². The van der Waals surface area contributed by atoms with Gasteiger partial charge in [0.2, 0.25) is 23.6 Å². The van der Waals surface area contributed by atoms with E-state index in [0.717, 1.165) is 44.1 Å². The van der Waals surface area contributed by atoms with Crippen LogP contribution in [0.3, 0.4) is 0 Å². The van der Waals surface area contributed by atoms with Crippen molar-refractivity contribution < 1.29 is 38.2 Å². The van der Waals surface area contributed by atoms with E-state index >= 15 is 0 Å². The Bertz CT molecular complexity index is 1280. The Morgan fingerprint density at radius 3 is 2.22 bits per heavy atom. The molecule has 2 fully saturated rings. The molecular formula is C37H59N5O8. The highest BCUT2D eigenvalue weighted by Gasteiger charge is 2.43. The Morgan fingerprint density at radius 1 is 0.980 bits per heavy atom. The average molecular weight is 702 g/mol. The van der Waals surface area contributed by atoms with E-state index in [2.05, 4.69) is 10.6 Å². The maximum absolute atomic E-state index is 14.1. The van der Waals surface area contributed by atoms with E-state index in [1.807, 2.05) is 30.3 Å². The van der Waals surface area contributed by atoms with Gasteiger partial charge in [0, 0.05) is 34.2 Å². The van der Waals surface area contributed by atoms with E-state index in [-0.39, 0.29) is 55.1 Å². The summed E-state index contributed by atoms with van der Waals surface area (Å²) in [7, 11) is 6.08. The summed E-state index contributed by atoms with van der Waals surface area (Å²) >= 11 is 0. The minimum Gasteiger partial charge on any atom is -0.467 e. The maximum atomic E-state index is 14.1. The first-order valence-corrected chi connectivity index (χ1v) is 17.8. The van der Waals surface area contributed by atoms with Crippen molar-refractivity contribution in [3.63, 3.8) is 0 Å². The highest BCUT2D eigenvalue weighted by molar-refractivity contribution is 5.89. The highest BCUT2D eigenvalue weighted by atomic mass is 16.5. The van der Waals surface area contributed by atoms with E-state index in [0.29, 0.717) is 13.0 Å². The smallest absolute Gasteiger partial charge is 0.328 e. The van der Waals surface area contributed by atoms with Gasteiger partial charge in [-0.05, 0) is 51.0 Å². The minimum atomic E-state index is -1.13. The molecule has 1 aliphatic heterocycles. The lowest BCUT2D eigenvalue weighted by Gasteiger charge is -2.41. The fourth-order valence-electron chi connectivity index (χ4n) is 7.43. The predicted octanol–water partition coefficient (Wildman–Crippen LogP) is 2.19. The number of hydrogen-bond donors (Lipinski definition) is 3. The summed E-state index contributed by atoms with van der Waals surface area (Å²) in [6.45, 7) is 5.17. The lowest BCUT2D eigenvalue weighted by atomic mass is 9.80. The van der Waals surface area contributed by atoms with Gasteiger partial charge in [-0.2, -0.15) is 0 Å². The zero-order valence-electron chi connectivity index (χ0n) is 30.9. The van der Waals surface area contributed by atoms with Crippen LogP contribution in [-0.2, 0) is 44.6 Å². The lowest BCUT2D eigenvalue weighted by Crippen LogP contribution is -2.56. The number of likely N-dealkylation sites (tertiary alicyclic amines) is 1. The van der Waals surface area contributed by atoms with Crippen LogP contribution in [0.5, 0.6) is 0 Å². The number of nitrogens with zero attached hydrogens (tertiary/aromatic N) is 2. The van der Waals surface area contributed by atoms with Gasteiger partial charge < -0.3 is 40.4 Å². The van der Waals surface area contributed by atoms with Crippen LogP contribution in [0.2, 0.25) is 0 Å². The Labute approximate surface area is 297 Å². The first kappa shape index (κ1) is 40.9. The van der Waals surface area contributed by atoms with Crippen LogP contribution in [0, 0.1) is 11.8 Å². The van der Waals surface area contributed by atoms with Crippen LogP contribution in [0.1, 0.15) is 77.7 Å². The standard InChI is InChI=1S/C37H59N5O8/c1-24(34(45)40-27(35(46)50-7)21-25-15-10-8-11-16-25)33(49-6)28-19-14-20-42(28)30(43)22-29(48-5)32(26-17-12-9-13-18-26)41(4)31(44)23-39-36(47)37(2,3)38/h8,10-11,15-16,24,26-29,32-33H,9,12-14,17-23,38H2,1-7H3,(H,39,47)(H,40,45). The molecule has 0 aromatic heterocycles. The molecule has 13 nitrogen and oxygen atoms in total.